The number of H-pyrrole nitrogens is 1. The second-order valence-corrected chi connectivity index (χ2v) is 7.89. The van der Waals surface area contributed by atoms with Crippen LogP contribution in [0.1, 0.15) is 17.5 Å². The number of allylic oxidation sites excluding steroid dienone is 1. The van der Waals surface area contributed by atoms with Gasteiger partial charge in [-0.3, -0.25) is 4.98 Å². The van der Waals surface area contributed by atoms with Crippen LogP contribution < -0.4 is 10.1 Å². The Bertz CT molecular complexity index is 1230. The maximum absolute atomic E-state index is 5.83. The Morgan fingerprint density at radius 1 is 0.969 bits per heavy atom. The summed E-state index contributed by atoms with van der Waals surface area (Å²) in [5, 5.41) is 3.13. The van der Waals surface area contributed by atoms with Gasteiger partial charge >= 0.3 is 0 Å². The zero-order valence-corrected chi connectivity index (χ0v) is 18.1. The number of aromatic amines is 1. The van der Waals surface area contributed by atoms with Crippen molar-refractivity contribution in [2.45, 2.75) is 12.8 Å². The number of pyridine rings is 1. The normalized spacial score (nSPS) is 12.2. The third-order valence-corrected chi connectivity index (χ3v) is 5.69. The maximum atomic E-state index is 5.83. The molecule has 2 heterocycles. The molecule has 0 spiro atoms. The van der Waals surface area contributed by atoms with Crippen molar-refractivity contribution in [1.82, 2.24) is 20.3 Å². The van der Waals surface area contributed by atoms with Gasteiger partial charge < -0.3 is 15.0 Å². The predicted octanol–water partition coefficient (Wildman–Crippen LogP) is 5.36. The van der Waals surface area contributed by atoms with Crippen LogP contribution in [-0.2, 0) is 6.42 Å². The summed E-state index contributed by atoms with van der Waals surface area (Å²) in [6.45, 7) is 1.65. The van der Waals surface area contributed by atoms with Crippen molar-refractivity contribution >= 4 is 6.08 Å². The van der Waals surface area contributed by atoms with Crippen LogP contribution in [0, 0.1) is 0 Å². The molecule has 0 aliphatic heterocycles. The Labute approximate surface area is 188 Å². The molecule has 0 unspecified atom stereocenters. The molecule has 2 aromatic heterocycles. The minimum Gasteiger partial charge on any atom is -0.494 e. The number of rotatable bonds is 8. The van der Waals surface area contributed by atoms with Crippen LogP contribution >= 0.6 is 0 Å². The molecule has 2 aromatic carbocycles. The molecule has 5 rings (SSSR count). The van der Waals surface area contributed by atoms with E-state index in [9.17, 15) is 0 Å². The zero-order valence-electron chi connectivity index (χ0n) is 18.1. The van der Waals surface area contributed by atoms with Crippen molar-refractivity contribution in [3.05, 3.63) is 84.2 Å². The average Bonchev–Trinajstić information content (AvgIpc) is 3.50. The highest BCUT2D eigenvalue weighted by atomic mass is 16.5. The van der Waals surface area contributed by atoms with Crippen LogP contribution in [0.25, 0.3) is 40.0 Å². The molecular weight excluding hydrogens is 396 g/mol. The molecule has 0 bridgehead atoms. The fourth-order valence-corrected chi connectivity index (χ4v) is 3.99. The molecule has 32 heavy (non-hydrogen) atoms. The SMILES string of the molecule is CNCCCOc1ccc(-c2nc(-c3ccc4c(c3)C=CC4)c(-c3ccncc3)[nH]2)cc1. The summed E-state index contributed by atoms with van der Waals surface area (Å²) in [5.74, 6) is 1.71. The van der Waals surface area contributed by atoms with E-state index in [4.69, 9.17) is 9.72 Å². The quantitative estimate of drug-likeness (QED) is 0.375. The van der Waals surface area contributed by atoms with Gasteiger partial charge in [-0.05, 0) is 80.0 Å². The zero-order chi connectivity index (χ0) is 21.8. The second kappa shape index (κ2) is 9.20. The van der Waals surface area contributed by atoms with Crippen molar-refractivity contribution in [2.24, 2.45) is 0 Å². The molecule has 0 radical (unpaired) electrons. The minimum absolute atomic E-state index is 0.698. The van der Waals surface area contributed by atoms with E-state index in [1.54, 1.807) is 0 Å². The van der Waals surface area contributed by atoms with E-state index in [1.807, 2.05) is 43.7 Å². The summed E-state index contributed by atoms with van der Waals surface area (Å²) in [4.78, 5) is 12.7. The van der Waals surface area contributed by atoms with E-state index in [2.05, 4.69) is 57.8 Å². The van der Waals surface area contributed by atoms with Crippen molar-refractivity contribution in [1.29, 1.82) is 0 Å². The smallest absolute Gasteiger partial charge is 0.138 e. The molecule has 2 N–H and O–H groups in total. The number of fused-ring (bicyclic) bond motifs is 1. The minimum atomic E-state index is 0.698. The monoisotopic (exact) mass is 422 g/mol. The predicted molar refractivity (Wildman–Crippen MR) is 129 cm³/mol. The fraction of sp³-hybridized carbons (Fsp3) is 0.185. The van der Waals surface area contributed by atoms with Crippen molar-refractivity contribution in [2.75, 3.05) is 20.2 Å². The highest BCUT2D eigenvalue weighted by Crippen LogP contribution is 2.35. The Morgan fingerprint density at radius 3 is 2.59 bits per heavy atom. The Balaban J connectivity index is 1.48. The van der Waals surface area contributed by atoms with Crippen molar-refractivity contribution < 1.29 is 4.74 Å². The number of nitrogens with one attached hydrogen (secondary N) is 2. The van der Waals surface area contributed by atoms with Gasteiger partial charge in [0.05, 0.1) is 18.0 Å². The number of hydrogen-bond donors (Lipinski definition) is 2. The van der Waals surface area contributed by atoms with Crippen LogP contribution in [0.5, 0.6) is 5.75 Å². The van der Waals surface area contributed by atoms with E-state index in [0.717, 1.165) is 59.0 Å². The molecule has 1 aliphatic rings. The lowest BCUT2D eigenvalue weighted by molar-refractivity contribution is 0.310. The molecule has 4 aromatic rings. The lowest BCUT2D eigenvalue weighted by atomic mass is 10.0. The highest BCUT2D eigenvalue weighted by molar-refractivity contribution is 5.82. The number of hydrogen-bond acceptors (Lipinski definition) is 4. The molecule has 160 valence electrons. The summed E-state index contributed by atoms with van der Waals surface area (Å²) in [5.41, 5.74) is 7.77. The Morgan fingerprint density at radius 2 is 1.78 bits per heavy atom. The molecule has 0 amide bonds. The number of imidazole rings is 1. The Hall–Kier alpha value is -3.70. The summed E-state index contributed by atoms with van der Waals surface area (Å²) in [7, 11) is 1.95. The fourth-order valence-electron chi connectivity index (χ4n) is 3.99. The number of ether oxygens (including phenoxy) is 1. The second-order valence-electron chi connectivity index (χ2n) is 7.89. The third kappa shape index (κ3) is 4.20. The lowest BCUT2D eigenvalue weighted by Crippen LogP contribution is -2.11. The maximum Gasteiger partial charge on any atom is 0.138 e. The molecule has 0 saturated heterocycles. The average molecular weight is 423 g/mol. The number of nitrogens with zero attached hydrogens (tertiary/aromatic N) is 2. The molecule has 0 atom stereocenters. The van der Waals surface area contributed by atoms with E-state index in [-0.39, 0.29) is 0 Å². The number of aromatic nitrogens is 3. The third-order valence-electron chi connectivity index (χ3n) is 5.69. The molecule has 5 heteroatoms. The van der Waals surface area contributed by atoms with Crippen LogP contribution in [0.15, 0.2) is 73.1 Å². The first-order valence-electron chi connectivity index (χ1n) is 11.0. The van der Waals surface area contributed by atoms with Gasteiger partial charge in [-0.1, -0.05) is 24.3 Å². The Kier molecular flexibility index (Phi) is 5.81. The summed E-state index contributed by atoms with van der Waals surface area (Å²) in [6.07, 6.45) is 9.99. The largest absolute Gasteiger partial charge is 0.494 e. The number of benzene rings is 2. The first-order chi connectivity index (χ1) is 15.8. The van der Waals surface area contributed by atoms with Gasteiger partial charge in [0.15, 0.2) is 0 Å². The van der Waals surface area contributed by atoms with Gasteiger partial charge in [-0.15, -0.1) is 0 Å². The van der Waals surface area contributed by atoms with E-state index in [0.29, 0.717) is 6.61 Å². The van der Waals surface area contributed by atoms with E-state index >= 15 is 0 Å². The van der Waals surface area contributed by atoms with Gasteiger partial charge in [0.2, 0.25) is 0 Å². The topological polar surface area (TPSA) is 62.8 Å². The van der Waals surface area contributed by atoms with Crippen LogP contribution in [0.4, 0.5) is 0 Å². The lowest BCUT2D eigenvalue weighted by Gasteiger charge is -2.06. The van der Waals surface area contributed by atoms with Gasteiger partial charge in [0.1, 0.15) is 11.6 Å². The summed E-state index contributed by atoms with van der Waals surface area (Å²) >= 11 is 0. The molecule has 0 saturated carbocycles. The first-order valence-corrected chi connectivity index (χ1v) is 11.0. The van der Waals surface area contributed by atoms with Gasteiger partial charge in [-0.2, -0.15) is 0 Å². The summed E-state index contributed by atoms with van der Waals surface area (Å²) < 4.78 is 5.83. The highest BCUT2D eigenvalue weighted by Gasteiger charge is 2.17. The molecule has 0 fully saturated rings. The van der Waals surface area contributed by atoms with E-state index < -0.39 is 0 Å². The van der Waals surface area contributed by atoms with Crippen LogP contribution in [0.3, 0.4) is 0 Å². The van der Waals surface area contributed by atoms with E-state index in [1.165, 1.54) is 11.1 Å². The van der Waals surface area contributed by atoms with Gasteiger partial charge in [0.25, 0.3) is 0 Å². The molecular formula is C27H26N4O. The first kappa shape index (κ1) is 20.2. The van der Waals surface area contributed by atoms with Crippen molar-refractivity contribution in [3.8, 4) is 39.7 Å². The van der Waals surface area contributed by atoms with Crippen molar-refractivity contribution in [3.63, 3.8) is 0 Å². The summed E-state index contributed by atoms with van der Waals surface area (Å²) in [6, 6.07) is 18.7. The molecule has 1 aliphatic carbocycles. The van der Waals surface area contributed by atoms with Crippen LogP contribution in [0.2, 0.25) is 0 Å². The molecule has 5 nitrogen and oxygen atoms in total. The van der Waals surface area contributed by atoms with Crippen LogP contribution in [-0.4, -0.2) is 35.2 Å². The van der Waals surface area contributed by atoms with Gasteiger partial charge in [0, 0.05) is 29.1 Å². The van der Waals surface area contributed by atoms with Gasteiger partial charge in [-0.25, -0.2) is 4.98 Å². The standard InChI is InChI=1S/C27H26N4O/c1-28-14-3-17-32-24-10-8-21(9-11-24)27-30-25(20-12-15-29-16-13-20)26(31-27)23-7-6-19-4-2-5-22(19)18-23/h2,5-13,15-16,18,28H,3-4,14,17H2,1H3,(H,30,31).